The molecular weight excluding hydrogens is 276 g/mol. The van der Waals surface area contributed by atoms with E-state index in [1.165, 1.54) is 17.5 Å². The van der Waals surface area contributed by atoms with Crippen LogP contribution in [-0.2, 0) is 9.84 Å². The molecule has 2 aromatic rings. The Bertz CT molecular complexity index is 774. The lowest BCUT2D eigenvalue weighted by atomic mass is 10.1. The highest BCUT2D eigenvalue weighted by Gasteiger charge is 2.26. The zero-order valence-corrected chi connectivity index (χ0v) is 11.3. The van der Waals surface area contributed by atoms with Crippen molar-refractivity contribution in [3.05, 3.63) is 59.5 Å². The fraction of sp³-hybridized carbons (Fsp3) is 0.0667. The van der Waals surface area contributed by atoms with Gasteiger partial charge in [-0.2, -0.15) is 0 Å². The molecule has 0 aromatic heterocycles. The van der Waals surface area contributed by atoms with E-state index in [9.17, 15) is 13.5 Å². The lowest BCUT2D eigenvalue weighted by Crippen LogP contribution is -1.99. The predicted octanol–water partition coefficient (Wildman–Crippen LogP) is 2.60. The molecule has 102 valence electrons. The van der Waals surface area contributed by atoms with Gasteiger partial charge in [-0.3, -0.25) is 0 Å². The number of ether oxygens (including phenoxy) is 1. The summed E-state index contributed by atoms with van der Waals surface area (Å²) in [6, 6.07) is 13.2. The summed E-state index contributed by atoms with van der Waals surface area (Å²) in [7, 11) is -3.35. The maximum atomic E-state index is 12.0. The first kappa shape index (κ1) is 12.7. The molecule has 0 saturated carbocycles. The molecule has 1 aliphatic rings. The summed E-state index contributed by atoms with van der Waals surface area (Å²) in [6.45, 7) is 0.168. The van der Waals surface area contributed by atoms with Gasteiger partial charge in [0.05, 0.1) is 4.90 Å². The summed E-state index contributed by atoms with van der Waals surface area (Å²) < 4.78 is 29.5. The Hall–Kier alpha value is -2.27. The molecule has 3 rings (SSSR count). The molecular formula is C15H12O4S. The number of rotatable bonds is 3. The van der Waals surface area contributed by atoms with Gasteiger partial charge >= 0.3 is 0 Å². The van der Waals surface area contributed by atoms with Crippen LogP contribution in [0.1, 0.15) is 5.56 Å². The first-order chi connectivity index (χ1) is 9.56. The maximum absolute atomic E-state index is 12.0. The second-order valence-electron chi connectivity index (χ2n) is 4.47. The van der Waals surface area contributed by atoms with Gasteiger partial charge in [0.1, 0.15) is 18.1 Å². The van der Waals surface area contributed by atoms with E-state index < -0.39 is 9.84 Å². The van der Waals surface area contributed by atoms with Gasteiger partial charge in [-0.25, -0.2) is 8.42 Å². The van der Waals surface area contributed by atoms with Gasteiger partial charge in [-0.1, -0.05) is 18.2 Å². The van der Waals surface area contributed by atoms with Crippen molar-refractivity contribution in [2.45, 2.75) is 4.90 Å². The van der Waals surface area contributed by atoms with Crippen molar-refractivity contribution >= 4 is 15.4 Å². The van der Waals surface area contributed by atoms with Crippen LogP contribution < -0.4 is 4.74 Å². The van der Waals surface area contributed by atoms with Crippen LogP contribution in [0.15, 0.2) is 58.8 Å². The third kappa shape index (κ3) is 2.28. The fourth-order valence-corrected chi connectivity index (χ4v) is 3.58. The van der Waals surface area contributed by atoms with Crippen LogP contribution in [0.5, 0.6) is 11.5 Å². The SMILES string of the molecule is O=S1(=O)C=C(COc2ccc(O)cc2)c2ccccc21. The van der Waals surface area contributed by atoms with E-state index in [0.29, 0.717) is 21.8 Å². The minimum absolute atomic E-state index is 0.158. The molecule has 0 fully saturated rings. The van der Waals surface area contributed by atoms with Gasteiger partial charge in [0.25, 0.3) is 0 Å². The first-order valence-electron chi connectivity index (χ1n) is 6.03. The number of phenolic OH excluding ortho intramolecular Hbond substituents is 1. The van der Waals surface area contributed by atoms with Crippen LogP contribution >= 0.6 is 0 Å². The fourth-order valence-electron chi connectivity index (χ4n) is 2.11. The predicted molar refractivity (Wildman–Crippen MR) is 75.2 cm³/mol. The van der Waals surface area contributed by atoms with E-state index in [1.54, 1.807) is 36.4 Å². The summed E-state index contributed by atoms with van der Waals surface area (Å²) in [4.78, 5) is 0.323. The highest BCUT2D eigenvalue weighted by atomic mass is 32.2. The van der Waals surface area contributed by atoms with Crippen molar-refractivity contribution in [1.29, 1.82) is 0 Å². The Morgan fingerprint density at radius 1 is 1.00 bits per heavy atom. The van der Waals surface area contributed by atoms with Gasteiger partial charge in [0.2, 0.25) is 9.84 Å². The van der Waals surface area contributed by atoms with Crippen LogP contribution in [0.2, 0.25) is 0 Å². The smallest absolute Gasteiger partial charge is 0.200 e. The lowest BCUT2D eigenvalue weighted by Gasteiger charge is -2.07. The van der Waals surface area contributed by atoms with Crippen LogP contribution in [-0.4, -0.2) is 20.1 Å². The number of phenols is 1. The minimum atomic E-state index is -3.35. The Kier molecular flexibility index (Phi) is 2.99. The molecule has 20 heavy (non-hydrogen) atoms. The Balaban J connectivity index is 1.84. The molecule has 1 aliphatic heterocycles. The number of hydrogen-bond acceptors (Lipinski definition) is 4. The molecule has 1 N–H and O–H groups in total. The second-order valence-corrected chi connectivity index (χ2v) is 6.23. The molecule has 0 saturated heterocycles. The van der Waals surface area contributed by atoms with E-state index in [-0.39, 0.29) is 12.4 Å². The summed E-state index contributed by atoms with van der Waals surface area (Å²) >= 11 is 0. The normalized spacial score (nSPS) is 15.5. The molecule has 4 nitrogen and oxygen atoms in total. The Labute approximate surface area is 116 Å². The third-order valence-corrected chi connectivity index (χ3v) is 4.63. The number of hydrogen-bond donors (Lipinski definition) is 1. The molecule has 2 aromatic carbocycles. The Morgan fingerprint density at radius 3 is 2.45 bits per heavy atom. The quantitative estimate of drug-likeness (QED) is 0.943. The number of aromatic hydroxyl groups is 1. The largest absolute Gasteiger partial charge is 0.508 e. The summed E-state index contributed by atoms with van der Waals surface area (Å²) in [5.41, 5.74) is 1.32. The van der Waals surface area contributed by atoms with Gasteiger partial charge < -0.3 is 9.84 Å². The number of benzene rings is 2. The Morgan fingerprint density at radius 2 is 1.70 bits per heavy atom. The number of fused-ring (bicyclic) bond motifs is 1. The maximum Gasteiger partial charge on any atom is 0.200 e. The average Bonchev–Trinajstić information content (AvgIpc) is 2.70. The van der Waals surface area contributed by atoms with Crippen molar-refractivity contribution in [1.82, 2.24) is 0 Å². The highest BCUT2D eigenvalue weighted by molar-refractivity contribution is 7.95. The van der Waals surface area contributed by atoms with E-state index in [2.05, 4.69) is 0 Å². The molecule has 0 radical (unpaired) electrons. The van der Waals surface area contributed by atoms with Gasteiger partial charge in [0.15, 0.2) is 0 Å². The van der Waals surface area contributed by atoms with Crippen molar-refractivity contribution in [3.8, 4) is 11.5 Å². The zero-order chi connectivity index (χ0) is 14.2. The van der Waals surface area contributed by atoms with Crippen molar-refractivity contribution < 1.29 is 18.3 Å². The van der Waals surface area contributed by atoms with Crippen molar-refractivity contribution in [2.24, 2.45) is 0 Å². The molecule has 1 heterocycles. The van der Waals surface area contributed by atoms with E-state index >= 15 is 0 Å². The second kappa shape index (κ2) is 4.68. The molecule has 0 atom stereocenters. The van der Waals surface area contributed by atoms with Crippen LogP contribution in [0.3, 0.4) is 0 Å². The molecule has 0 amide bonds. The molecule has 0 spiro atoms. The average molecular weight is 288 g/mol. The lowest BCUT2D eigenvalue weighted by molar-refractivity contribution is 0.368. The van der Waals surface area contributed by atoms with Crippen LogP contribution in [0.4, 0.5) is 0 Å². The van der Waals surface area contributed by atoms with Crippen molar-refractivity contribution in [3.63, 3.8) is 0 Å². The monoisotopic (exact) mass is 288 g/mol. The van der Waals surface area contributed by atoms with Crippen molar-refractivity contribution in [2.75, 3.05) is 6.61 Å². The standard InChI is InChI=1S/C15H12O4S/c16-12-5-7-13(8-6-12)19-9-11-10-20(17,18)15-4-2-1-3-14(11)15/h1-8,10,16H,9H2. The molecule has 0 bridgehead atoms. The first-order valence-corrected chi connectivity index (χ1v) is 7.58. The molecule has 0 unspecified atom stereocenters. The summed E-state index contributed by atoms with van der Waals surface area (Å²) in [5, 5.41) is 10.4. The summed E-state index contributed by atoms with van der Waals surface area (Å²) in [5.74, 6) is 0.732. The third-order valence-electron chi connectivity index (χ3n) is 3.07. The van der Waals surface area contributed by atoms with E-state index in [1.807, 2.05) is 0 Å². The minimum Gasteiger partial charge on any atom is -0.508 e. The zero-order valence-electron chi connectivity index (χ0n) is 10.5. The van der Waals surface area contributed by atoms with Crippen LogP contribution in [0.25, 0.3) is 5.57 Å². The van der Waals surface area contributed by atoms with Crippen LogP contribution in [0, 0.1) is 0 Å². The van der Waals surface area contributed by atoms with E-state index in [4.69, 9.17) is 4.74 Å². The number of sulfone groups is 1. The highest BCUT2D eigenvalue weighted by Crippen LogP contribution is 2.33. The van der Waals surface area contributed by atoms with E-state index in [0.717, 1.165) is 0 Å². The van der Waals surface area contributed by atoms with Gasteiger partial charge in [0, 0.05) is 16.5 Å². The van der Waals surface area contributed by atoms with Gasteiger partial charge in [-0.15, -0.1) is 0 Å². The summed E-state index contributed by atoms with van der Waals surface area (Å²) in [6.07, 6.45) is 0. The topological polar surface area (TPSA) is 63.6 Å². The molecule has 0 aliphatic carbocycles. The van der Waals surface area contributed by atoms with Gasteiger partial charge in [-0.05, 0) is 30.3 Å². The molecule has 5 heteroatoms.